The van der Waals surface area contributed by atoms with Crippen LogP contribution in [-0.4, -0.2) is 155 Å². The van der Waals surface area contributed by atoms with Crippen molar-refractivity contribution < 1.29 is 67.3 Å². The highest BCUT2D eigenvalue weighted by Crippen LogP contribution is 2.23. The topological polar surface area (TPSA) is 276 Å². The zero-order valence-electron chi connectivity index (χ0n) is 41.4. The highest BCUT2D eigenvalue weighted by molar-refractivity contribution is 6.01. The Balaban J connectivity index is 2.90. The van der Waals surface area contributed by atoms with Gasteiger partial charge in [0.1, 0.15) is 41.7 Å². The van der Waals surface area contributed by atoms with E-state index in [4.69, 9.17) is 14.2 Å². The number of carbonyl (C=O) groups excluding carboxylic acids is 10. The molecule has 9 atom stereocenters. The first-order valence-corrected chi connectivity index (χ1v) is 22.2. The molecular weight excluding hydrogens is 887 g/mol. The van der Waals surface area contributed by atoms with Crippen LogP contribution in [0.5, 0.6) is 0 Å². The number of ether oxygens (including phenoxy) is 3. The average Bonchev–Trinajstić information content (AvgIpc) is 3.27. The SMILES string of the molecule is C=C1C(=O)N[C@@H](C)C(=O)N(C)[C@@H](C)C(=O)N[C@@H]([C@H](OC(=O)[C@@H](NC(C)=O)[C@@H](O)C(C)C)C(C)C)C(=O)N(C)/C(=C\C)C(=O)O[C@H](C(C)C)[C@H](NC(C)=O)C(=O)O[C@H](Cc2ccccc2)C(=O)N1C. The monoisotopic (exact) mass is 955 g/mol. The lowest BCUT2D eigenvalue weighted by molar-refractivity contribution is -0.169. The number of rotatable bonds is 11. The molecule has 376 valence electrons. The summed E-state index contributed by atoms with van der Waals surface area (Å²) in [4.78, 5) is 140. The number of likely N-dealkylation sites (N-methyl/N-ethyl adjacent to an activating group) is 3. The van der Waals surface area contributed by atoms with Crippen molar-refractivity contribution in [2.75, 3.05) is 21.1 Å². The van der Waals surface area contributed by atoms with Crippen molar-refractivity contribution >= 4 is 59.3 Å². The normalized spacial score (nSPS) is 24.3. The Kier molecular flexibility index (Phi) is 21.5. The molecule has 0 aromatic heterocycles. The van der Waals surface area contributed by atoms with Crippen LogP contribution in [0.3, 0.4) is 0 Å². The number of aliphatic hydroxyl groups excluding tert-OH is 1. The van der Waals surface area contributed by atoms with Crippen LogP contribution in [0.1, 0.15) is 81.7 Å². The zero-order chi connectivity index (χ0) is 52.1. The molecule has 1 aromatic carbocycles. The van der Waals surface area contributed by atoms with E-state index in [9.17, 15) is 53.1 Å². The van der Waals surface area contributed by atoms with Gasteiger partial charge in [-0.1, -0.05) is 84.5 Å². The van der Waals surface area contributed by atoms with Crippen LogP contribution in [0.15, 0.2) is 54.4 Å². The fourth-order valence-electron chi connectivity index (χ4n) is 7.02. The number of aliphatic hydroxyl groups is 1. The molecule has 1 aliphatic heterocycles. The predicted octanol–water partition coefficient (Wildman–Crippen LogP) is 0.487. The first kappa shape index (κ1) is 57.5. The summed E-state index contributed by atoms with van der Waals surface area (Å²) in [7, 11) is 3.61. The smallest absolute Gasteiger partial charge is 0.355 e. The minimum Gasteiger partial charge on any atom is -0.458 e. The van der Waals surface area contributed by atoms with Crippen molar-refractivity contribution in [1.82, 2.24) is 36.0 Å². The van der Waals surface area contributed by atoms with Gasteiger partial charge in [-0.2, -0.15) is 0 Å². The maximum atomic E-state index is 14.8. The number of cyclic esters (lactones) is 2. The molecule has 0 bridgehead atoms. The van der Waals surface area contributed by atoms with Gasteiger partial charge in [-0.05, 0) is 44.1 Å². The molecule has 0 aliphatic carbocycles. The third-order valence-electron chi connectivity index (χ3n) is 11.3. The van der Waals surface area contributed by atoms with Gasteiger partial charge < -0.3 is 55.3 Å². The molecule has 1 aliphatic rings. The lowest BCUT2D eigenvalue weighted by Crippen LogP contribution is -2.61. The van der Waals surface area contributed by atoms with Crippen LogP contribution < -0.4 is 21.3 Å². The summed E-state index contributed by atoms with van der Waals surface area (Å²) in [6.45, 7) is 19.4. The van der Waals surface area contributed by atoms with E-state index in [1.165, 1.54) is 40.9 Å². The Morgan fingerprint density at radius 1 is 0.838 bits per heavy atom. The molecule has 5 N–H and O–H groups in total. The highest BCUT2D eigenvalue weighted by atomic mass is 16.6. The number of carbonyl (C=O) groups is 10. The molecule has 0 radical (unpaired) electrons. The summed E-state index contributed by atoms with van der Waals surface area (Å²) in [6.07, 6.45) is -5.22. The minimum absolute atomic E-state index is 0.223. The number of amides is 7. The second-order valence-corrected chi connectivity index (χ2v) is 17.7. The summed E-state index contributed by atoms with van der Waals surface area (Å²) in [5.41, 5.74) is -0.378. The zero-order valence-corrected chi connectivity index (χ0v) is 41.4. The first-order chi connectivity index (χ1) is 31.6. The van der Waals surface area contributed by atoms with Crippen LogP contribution in [-0.2, 0) is 68.6 Å². The van der Waals surface area contributed by atoms with Crippen molar-refractivity contribution in [3.8, 4) is 0 Å². The molecule has 1 fully saturated rings. The summed E-state index contributed by atoms with van der Waals surface area (Å²) in [5, 5.41) is 20.7. The largest absolute Gasteiger partial charge is 0.458 e. The number of hydrogen-bond acceptors (Lipinski definition) is 14. The van der Waals surface area contributed by atoms with E-state index in [0.717, 1.165) is 35.6 Å². The molecule has 68 heavy (non-hydrogen) atoms. The Labute approximate surface area is 397 Å². The van der Waals surface area contributed by atoms with Gasteiger partial charge in [-0.15, -0.1) is 0 Å². The van der Waals surface area contributed by atoms with E-state index >= 15 is 0 Å². The molecule has 1 aromatic rings. The summed E-state index contributed by atoms with van der Waals surface area (Å²) < 4.78 is 17.6. The highest BCUT2D eigenvalue weighted by Gasteiger charge is 2.44. The van der Waals surface area contributed by atoms with Crippen LogP contribution in [0.25, 0.3) is 0 Å². The van der Waals surface area contributed by atoms with Crippen LogP contribution >= 0.6 is 0 Å². The van der Waals surface area contributed by atoms with Crippen LogP contribution in [0.4, 0.5) is 0 Å². The predicted molar refractivity (Wildman–Crippen MR) is 246 cm³/mol. The second-order valence-electron chi connectivity index (χ2n) is 17.7. The Hall–Kier alpha value is -6.64. The van der Waals surface area contributed by atoms with Crippen molar-refractivity contribution in [2.45, 2.75) is 137 Å². The average molecular weight is 956 g/mol. The van der Waals surface area contributed by atoms with Gasteiger partial charge in [0.15, 0.2) is 18.2 Å². The van der Waals surface area contributed by atoms with E-state index in [0.29, 0.717) is 5.56 Å². The number of allylic oxidation sites excluding steroid dienone is 1. The van der Waals surface area contributed by atoms with Crippen LogP contribution in [0, 0.1) is 17.8 Å². The maximum absolute atomic E-state index is 14.8. The number of nitrogens with zero attached hydrogens (tertiary/aromatic N) is 3. The quantitative estimate of drug-likeness (QED) is 0.115. The molecular formula is C47H69N7O14. The van der Waals surface area contributed by atoms with Gasteiger partial charge >= 0.3 is 17.9 Å². The van der Waals surface area contributed by atoms with Crippen LogP contribution in [0.2, 0.25) is 0 Å². The molecule has 1 heterocycles. The fourth-order valence-corrected chi connectivity index (χ4v) is 7.02. The third kappa shape index (κ3) is 15.2. The molecule has 7 amide bonds. The van der Waals surface area contributed by atoms with Gasteiger partial charge in [0.2, 0.25) is 23.6 Å². The summed E-state index contributed by atoms with van der Waals surface area (Å²) in [5.74, 6) is -11.8. The number of esters is 3. The summed E-state index contributed by atoms with van der Waals surface area (Å²) in [6, 6.07) is 0.474. The first-order valence-electron chi connectivity index (χ1n) is 22.2. The van der Waals surface area contributed by atoms with E-state index in [-0.39, 0.29) is 6.42 Å². The standard InChI is InChI=1S/C47H69N7O14/c1-16-32-45(63)67-39(25(6)7)36(50-30(12)56)47(65)66-33(22-31-20-18-17-19-21-31)43(61)53(14)27(9)40(58)48-26(8)42(60)52(13)28(10)41(59)51-35(44(62)54(32)15)38(24(4)5)68-46(64)34(49-29(11)55)37(57)23(2)3/h16-21,23-26,28,33-39,57H,9,22H2,1-8,10-15H3,(H,48,58)(H,49,55)(H,50,56)(H,51,59)/b32-16-/t26-,28-,33+,34-,35-,36-,37-,38+,39+/m0/s1. The second kappa shape index (κ2) is 25.5. The van der Waals surface area contributed by atoms with Crippen molar-refractivity contribution in [1.29, 1.82) is 0 Å². The molecule has 0 saturated carbocycles. The molecule has 0 spiro atoms. The molecule has 0 unspecified atom stereocenters. The molecule has 1 saturated heterocycles. The third-order valence-corrected chi connectivity index (χ3v) is 11.3. The molecule has 21 nitrogen and oxygen atoms in total. The lowest BCUT2D eigenvalue weighted by atomic mass is 9.96. The Morgan fingerprint density at radius 2 is 1.43 bits per heavy atom. The van der Waals surface area contributed by atoms with Gasteiger partial charge in [-0.25, -0.2) is 14.4 Å². The Bertz CT molecular complexity index is 2090. The van der Waals surface area contributed by atoms with E-state index in [2.05, 4.69) is 27.8 Å². The van der Waals surface area contributed by atoms with Gasteiger partial charge in [0.25, 0.3) is 17.7 Å². The van der Waals surface area contributed by atoms with Crippen molar-refractivity contribution in [3.05, 3.63) is 59.9 Å². The fraction of sp³-hybridized carbons (Fsp3) is 0.574. The molecule has 21 heteroatoms. The number of hydrogen-bond donors (Lipinski definition) is 5. The van der Waals surface area contributed by atoms with Crippen molar-refractivity contribution in [3.63, 3.8) is 0 Å². The van der Waals surface area contributed by atoms with E-state index in [1.54, 1.807) is 71.9 Å². The van der Waals surface area contributed by atoms with Gasteiger partial charge in [-0.3, -0.25) is 33.6 Å². The number of nitrogens with one attached hydrogen (secondary N) is 4. The summed E-state index contributed by atoms with van der Waals surface area (Å²) >= 11 is 0. The minimum atomic E-state index is -1.84. The lowest BCUT2D eigenvalue weighted by Gasteiger charge is -2.36. The van der Waals surface area contributed by atoms with Gasteiger partial charge in [0, 0.05) is 41.4 Å². The number of benzene rings is 1. The maximum Gasteiger partial charge on any atom is 0.355 e. The van der Waals surface area contributed by atoms with Gasteiger partial charge in [0.05, 0.1) is 6.10 Å². The Morgan fingerprint density at radius 3 is 1.93 bits per heavy atom. The van der Waals surface area contributed by atoms with E-state index < -0.39 is 143 Å². The van der Waals surface area contributed by atoms with Crippen molar-refractivity contribution in [2.24, 2.45) is 17.8 Å². The van der Waals surface area contributed by atoms with E-state index in [1.807, 2.05) is 0 Å². The molecule has 2 rings (SSSR count).